The summed E-state index contributed by atoms with van der Waals surface area (Å²) in [5.74, 6) is 0. The molecule has 0 bridgehead atoms. The Hall–Kier alpha value is -3.27. The molecule has 2 fully saturated rings. The minimum absolute atomic E-state index is 0.0327. The molecule has 2 aliphatic heterocycles. The van der Waals surface area contributed by atoms with E-state index in [-0.39, 0.29) is 35.7 Å². The molecule has 2 saturated heterocycles. The van der Waals surface area contributed by atoms with Crippen LogP contribution in [0.3, 0.4) is 0 Å². The molecule has 4 heterocycles. The lowest BCUT2D eigenvalue weighted by Crippen LogP contribution is -2.42. The van der Waals surface area contributed by atoms with E-state index in [1.165, 1.54) is 0 Å². The molecule has 15 nitrogen and oxygen atoms in total. The van der Waals surface area contributed by atoms with Crippen molar-refractivity contribution in [3.63, 3.8) is 0 Å². The van der Waals surface area contributed by atoms with E-state index in [2.05, 4.69) is 20.6 Å². The summed E-state index contributed by atoms with van der Waals surface area (Å²) in [6, 6.07) is -0.0654. The second-order valence-corrected chi connectivity index (χ2v) is 14.4. The van der Waals surface area contributed by atoms with Crippen molar-refractivity contribution in [1.29, 1.82) is 0 Å². The van der Waals surface area contributed by atoms with E-state index in [0.717, 1.165) is 6.26 Å². The maximum atomic E-state index is 12.4. The van der Waals surface area contributed by atoms with Crippen LogP contribution in [0.25, 0.3) is 0 Å². The largest absolute Gasteiger partial charge is 0.444 e. The lowest BCUT2D eigenvalue weighted by molar-refractivity contribution is 0.0174. The van der Waals surface area contributed by atoms with Gasteiger partial charge in [-0.25, -0.2) is 19.0 Å². The van der Waals surface area contributed by atoms with Gasteiger partial charge in [0.1, 0.15) is 22.6 Å². The lowest BCUT2D eigenvalue weighted by atomic mass is 10.1. The Balaban J connectivity index is 1.42. The van der Waals surface area contributed by atoms with E-state index in [4.69, 9.17) is 13.7 Å². The molecule has 0 radical (unpaired) electrons. The molecule has 16 heteroatoms. The number of hydrogen-bond donors (Lipinski definition) is 0. The maximum Gasteiger partial charge on any atom is 0.410 e. The number of piperidine rings is 2. The SMILES string of the molecule is CC(C)(C)OC(=O)N1CCC(n2cc(C(OS(C)(=O)=O)c3cn(C4CCN(C(=O)OC(C)(C)C)CC4)nn3)nn2)CC1. The molecule has 42 heavy (non-hydrogen) atoms. The van der Waals surface area contributed by atoms with Crippen LogP contribution in [-0.2, 0) is 23.8 Å². The highest BCUT2D eigenvalue weighted by Gasteiger charge is 2.32. The van der Waals surface area contributed by atoms with Crippen LogP contribution in [0.4, 0.5) is 9.59 Å². The smallest absolute Gasteiger partial charge is 0.410 e. The van der Waals surface area contributed by atoms with Crippen LogP contribution < -0.4 is 0 Å². The Morgan fingerprint density at radius 1 is 0.762 bits per heavy atom. The van der Waals surface area contributed by atoms with E-state index < -0.39 is 27.4 Å². The zero-order valence-corrected chi connectivity index (χ0v) is 26.2. The molecule has 2 aromatic rings. The van der Waals surface area contributed by atoms with E-state index >= 15 is 0 Å². The lowest BCUT2D eigenvalue weighted by Gasteiger charge is -2.33. The van der Waals surface area contributed by atoms with Crippen LogP contribution in [-0.4, -0.2) is 104 Å². The minimum atomic E-state index is -3.88. The molecule has 2 amide bonds. The second-order valence-electron chi connectivity index (χ2n) is 12.8. The Bertz CT molecular complexity index is 1260. The average molecular weight is 611 g/mol. The van der Waals surface area contributed by atoms with Gasteiger partial charge in [0.15, 0.2) is 6.10 Å². The van der Waals surface area contributed by atoms with E-state index in [0.29, 0.717) is 51.9 Å². The second kappa shape index (κ2) is 12.1. The van der Waals surface area contributed by atoms with Crippen molar-refractivity contribution in [2.75, 3.05) is 32.4 Å². The van der Waals surface area contributed by atoms with Crippen molar-refractivity contribution >= 4 is 22.3 Å². The number of nitrogens with zero attached hydrogens (tertiary/aromatic N) is 8. The Kier molecular flexibility index (Phi) is 9.16. The predicted molar refractivity (Wildman–Crippen MR) is 150 cm³/mol. The van der Waals surface area contributed by atoms with Crippen LogP contribution in [0.2, 0.25) is 0 Å². The fourth-order valence-electron chi connectivity index (χ4n) is 4.88. The van der Waals surface area contributed by atoms with Crippen molar-refractivity contribution < 1.29 is 31.7 Å². The fourth-order valence-corrected chi connectivity index (χ4v) is 5.43. The molecule has 0 spiro atoms. The standard InChI is InChI=1S/C26H42N8O7S/c1-25(2,3)39-23(35)31-12-8-18(9-13-31)33-16-20(27-29-33)22(41-42(7,37)38)21-17-34(30-28-21)19-10-14-32(15-11-19)24(36)40-26(4,5)6/h16-19,22H,8-15H2,1-7H3. The summed E-state index contributed by atoms with van der Waals surface area (Å²) in [4.78, 5) is 28.2. The van der Waals surface area contributed by atoms with Crippen molar-refractivity contribution in [2.24, 2.45) is 0 Å². The van der Waals surface area contributed by atoms with Gasteiger partial charge in [-0.05, 0) is 67.2 Å². The van der Waals surface area contributed by atoms with Gasteiger partial charge in [-0.3, -0.25) is 4.18 Å². The monoisotopic (exact) mass is 610 g/mol. The van der Waals surface area contributed by atoms with Gasteiger partial charge >= 0.3 is 12.2 Å². The zero-order chi connectivity index (χ0) is 30.9. The first-order valence-corrected chi connectivity index (χ1v) is 16.0. The molecular weight excluding hydrogens is 568 g/mol. The van der Waals surface area contributed by atoms with Gasteiger partial charge in [0.2, 0.25) is 0 Å². The summed E-state index contributed by atoms with van der Waals surface area (Å²) in [5, 5.41) is 16.9. The van der Waals surface area contributed by atoms with Gasteiger partial charge in [-0.1, -0.05) is 10.4 Å². The Morgan fingerprint density at radius 3 is 1.43 bits per heavy atom. The predicted octanol–water partition coefficient (Wildman–Crippen LogP) is 3.08. The van der Waals surface area contributed by atoms with Crippen molar-refractivity contribution in [1.82, 2.24) is 39.8 Å². The Morgan fingerprint density at radius 2 is 1.12 bits per heavy atom. The average Bonchev–Trinajstić information content (AvgIpc) is 3.56. The van der Waals surface area contributed by atoms with E-state index in [9.17, 15) is 18.0 Å². The molecule has 2 aliphatic rings. The van der Waals surface area contributed by atoms with Crippen LogP contribution in [0.5, 0.6) is 0 Å². The highest BCUT2D eigenvalue weighted by atomic mass is 32.2. The van der Waals surface area contributed by atoms with E-state index in [1.54, 1.807) is 31.6 Å². The molecule has 0 atom stereocenters. The van der Waals surface area contributed by atoms with E-state index in [1.807, 2.05) is 41.5 Å². The van der Waals surface area contributed by atoms with Gasteiger partial charge in [0, 0.05) is 26.2 Å². The molecule has 0 aromatic carbocycles. The molecule has 0 N–H and O–H groups in total. The van der Waals surface area contributed by atoms with Crippen LogP contribution in [0.1, 0.15) is 96.8 Å². The number of ether oxygens (including phenoxy) is 2. The van der Waals surface area contributed by atoms with Gasteiger partial charge in [0.25, 0.3) is 10.1 Å². The highest BCUT2D eigenvalue weighted by Crippen LogP contribution is 2.30. The first kappa shape index (κ1) is 31.7. The number of carbonyl (C=O) groups is 2. The third-order valence-corrected chi connectivity index (χ3v) is 7.39. The first-order valence-electron chi connectivity index (χ1n) is 14.1. The first-order chi connectivity index (χ1) is 19.5. The number of carbonyl (C=O) groups excluding carboxylic acids is 2. The van der Waals surface area contributed by atoms with Gasteiger partial charge in [0.05, 0.1) is 30.7 Å². The summed E-state index contributed by atoms with van der Waals surface area (Å²) in [6.07, 6.45) is 5.00. The highest BCUT2D eigenvalue weighted by molar-refractivity contribution is 7.86. The Labute approximate surface area is 246 Å². The molecule has 0 saturated carbocycles. The summed E-state index contributed by atoms with van der Waals surface area (Å²) in [6.45, 7) is 13.0. The third kappa shape index (κ3) is 8.63. The normalized spacial score (nSPS) is 18.0. The van der Waals surface area contributed by atoms with Crippen molar-refractivity contribution in [2.45, 2.75) is 96.6 Å². The number of amides is 2. The van der Waals surface area contributed by atoms with Crippen molar-refractivity contribution in [3.8, 4) is 0 Å². The minimum Gasteiger partial charge on any atom is -0.444 e. The maximum absolute atomic E-state index is 12.4. The fraction of sp³-hybridized carbons (Fsp3) is 0.769. The molecule has 0 aliphatic carbocycles. The van der Waals surface area contributed by atoms with Crippen LogP contribution in [0, 0.1) is 0 Å². The number of rotatable bonds is 6. The topological polar surface area (TPSA) is 164 Å². The number of aromatic nitrogens is 6. The third-order valence-electron chi connectivity index (χ3n) is 6.84. The van der Waals surface area contributed by atoms with Gasteiger partial charge in [-0.15, -0.1) is 10.2 Å². The quantitative estimate of drug-likeness (QED) is 0.442. The summed E-state index contributed by atoms with van der Waals surface area (Å²) < 4.78 is 44.0. The van der Waals surface area contributed by atoms with Crippen LogP contribution >= 0.6 is 0 Å². The van der Waals surface area contributed by atoms with Crippen molar-refractivity contribution in [3.05, 3.63) is 23.8 Å². The summed E-state index contributed by atoms with van der Waals surface area (Å²) in [5.41, 5.74) is -0.575. The molecular formula is C26H42N8O7S. The zero-order valence-electron chi connectivity index (χ0n) is 25.4. The van der Waals surface area contributed by atoms with Gasteiger partial charge in [-0.2, -0.15) is 8.42 Å². The molecule has 2 aromatic heterocycles. The molecule has 0 unspecified atom stereocenters. The number of hydrogen-bond acceptors (Lipinski definition) is 11. The molecule has 234 valence electrons. The van der Waals surface area contributed by atoms with Crippen LogP contribution in [0.15, 0.2) is 12.4 Å². The molecule has 4 rings (SSSR count). The summed E-state index contributed by atoms with van der Waals surface area (Å²) >= 11 is 0. The number of likely N-dealkylation sites (tertiary alicyclic amines) is 2. The van der Waals surface area contributed by atoms with Gasteiger partial charge < -0.3 is 19.3 Å². The summed E-state index contributed by atoms with van der Waals surface area (Å²) in [7, 11) is -3.88.